The van der Waals surface area contributed by atoms with Crippen molar-refractivity contribution in [1.29, 1.82) is 0 Å². The Balaban J connectivity index is 2.08. The maximum absolute atomic E-state index is 12.5. The molecule has 0 radical (unpaired) electrons. The van der Waals surface area contributed by atoms with Crippen molar-refractivity contribution in [1.82, 2.24) is 4.90 Å². The first-order chi connectivity index (χ1) is 11.5. The number of nitrogens with one attached hydrogen (secondary N) is 1. The predicted molar refractivity (Wildman–Crippen MR) is 90.6 cm³/mol. The second-order valence-corrected chi connectivity index (χ2v) is 5.96. The van der Waals surface area contributed by atoms with Crippen LogP contribution >= 0.6 is 0 Å². The molecule has 0 aromatic heterocycles. The molecular formula is C18H24N2O4. The average molecular weight is 332 g/mol. The standard InChI is InChI=1S/C18H24N2O4/c1-4-12(3)20-11-13(10-16(20)21)17(22)19-15-9-7-6-8-14(15)18(23)24-5-2/h6-9,12-13H,4-5,10-11H2,1-3H3,(H,19,22). The van der Waals surface area contributed by atoms with Crippen LogP contribution in [0.5, 0.6) is 0 Å². The van der Waals surface area contributed by atoms with Gasteiger partial charge in [-0.05, 0) is 32.4 Å². The number of carbonyl (C=O) groups excluding carboxylic acids is 3. The lowest BCUT2D eigenvalue weighted by atomic mass is 10.1. The fourth-order valence-electron chi connectivity index (χ4n) is 2.77. The third-order valence-corrected chi connectivity index (χ3v) is 4.33. The largest absolute Gasteiger partial charge is 0.462 e. The van der Waals surface area contributed by atoms with E-state index in [4.69, 9.17) is 4.74 Å². The van der Waals surface area contributed by atoms with Gasteiger partial charge in [0.2, 0.25) is 11.8 Å². The number of hydrogen-bond donors (Lipinski definition) is 1. The molecule has 1 aliphatic heterocycles. The van der Waals surface area contributed by atoms with Gasteiger partial charge in [0.15, 0.2) is 0 Å². The van der Waals surface area contributed by atoms with Crippen LogP contribution in [-0.4, -0.2) is 41.9 Å². The topological polar surface area (TPSA) is 75.7 Å². The number of amides is 2. The quantitative estimate of drug-likeness (QED) is 0.812. The Labute approximate surface area is 142 Å². The van der Waals surface area contributed by atoms with Crippen molar-refractivity contribution in [3.05, 3.63) is 29.8 Å². The minimum atomic E-state index is -0.475. The highest BCUT2D eigenvalue weighted by molar-refractivity contribution is 6.03. The number of esters is 1. The van der Waals surface area contributed by atoms with Gasteiger partial charge in [-0.2, -0.15) is 0 Å². The summed E-state index contributed by atoms with van der Waals surface area (Å²) in [6.45, 7) is 6.41. The van der Waals surface area contributed by atoms with Crippen LogP contribution in [0.2, 0.25) is 0 Å². The number of ether oxygens (including phenoxy) is 1. The van der Waals surface area contributed by atoms with E-state index in [-0.39, 0.29) is 30.9 Å². The van der Waals surface area contributed by atoms with E-state index >= 15 is 0 Å². The number of para-hydroxylation sites is 1. The monoisotopic (exact) mass is 332 g/mol. The highest BCUT2D eigenvalue weighted by Gasteiger charge is 2.36. The SMILES string of the molecule is CCOC(=O)c1ccccc1NC(=O)C1CC(=O)N(C(C)CC)C1. The Hall–Kier alpha value is -2.37. The van der Waals surface area contributed by atoms with Gasteiger partial charge in [0, 0.05) is 19.0 Å². The first kappa shape index (κ1) is 18.0. The molecular weight excluding hydrogens is 308 g/mol. The fraction of sp³-hybridized carbons (Fsp3) is 0.500. The maximum Gasteiger partial charge on any atom is 0.340 e. The molecule has 2 atom stereocenters. The van der Waals surface area contributed by atoms with Crippen LogP contribution in [0.15, 0.2) is 24.3 Å². The molecule has 2 unspecified atom stereocenters. The third-order valence-electron chi connectivity index (χ3n) is 4.33. The Morgan fingerprint density at radius 3 is 2.71 bits per heavy atom. The first-order valence-corrected chi connectivity index (χ1v) is 8.34. The van der Waals surface area contributed by atoms with Gasteiger partial charge < -0.3 is 15.0 Å². The second kappa shape index (κ2) is 7.95. The molecule has 6 nitrogen and oxygen atoms in total. The van der Waals surface area contributed by atoms with E-state index in [1.54, 1.807) is 36.1 Å². The Kier molecular flexibility index (Phi) is 5.95. The molecule has 0 saturated carbocycles. The van der Waals surface area contributed by atoms with Crippen LogP contribution in [0.1, 0.15) is 44.0 Å². The van der Waals surface area contributed by atoms with Crippen LogP contribution in [0.4, 0.5) is 5.69 Å². The zero-order chi connectivity index (χ0) is 17.7. The Bertz CT molecular complexity index is 629. The molecule has 1 N–H and O–H groups in total. The summed E-state index contributed by atoms with van der Waals surface area (Å²) in [7, 11) is 0. The predicted octanol–water partition coefficient (Wildman–Crippen LogP) is 2.45. The fourth-order valence-corrected chi connectivity index (χ4v) is 2.77. The van der Waals surface area contributed by atoms with Crippen molar-refractivity contribution in [2.75, 3.05) is 18.5 Å². The van der Waals surface area contributed by atoms with Crippen molar-refractivity contribution < 1.29 is 19.1 Å². The van der Waals surface area contributed by atoms with Gasteiger partial charge in [0.1, 0.15) is 0 Å². The molecule has 1 aromatic rings. The van der Waals surface area contributed by atoms with Crippen LogP contribution in [0.3, 0.4) is 0 Å². The molecule has 130 valence electrons. The average Bonchev–Trinajstić information content (AvgIpc) is 2.97. The van der Waals surface area contributed by atoms with Gasteiger partial charge in [-0.15, -0.1) is 0 Å². The van der Waals surface area contributed by atoms with Crippen LogP contribution in [0, 0.1) is 5.92 Å². The summed E-state index contributed by atoms with van der Waals surface area (Å²) < 4.78 is 5.00. The molecule has 0 aliphatic carbocycles. The van der Waals surface area contributed by atoms with Gasteiger partial charge in [0.05, 0.1) is 23.8 Å². The van der Waals surface area contributed by atoms with Crippen LogP contribution in [0.25, 0.3) is 0 Å². The molecule has 0 spiro atoms. The zero-order valence-electron chi connectivity index (χ0n) is 14.4. The van der Waals surface area contributed by atoms with Crippen molar-refractivity contribution in [3.63, 3.8) is 0 Å². The Morgan fingerprint density at radius 2 is 2.04 bits per heavy atom. The van der Waals surface area contributed by atoms with Gasteiger partial charge in [-0.3, -0.25) is 9.59 Å². The second-order valence-electron chi connectivity index (χ2n) is 5.96. The number of carbonyl (C=O) groups is 3. The lowest BCUT2D eigenvalue weighted by Crippen LogP contribution is -2.35. The minimum Gasteiger partial charge on any atom is -0.462 e. The Morgan fingerprint density at radius 1 is 1.33 bits per heavy atom. The molecule has 1 aromatic carbocycles. The normalized spacial score (nSPS) is 18.4. The first-order valence-electron chi connectivity index (χ1n) is 8.34. The smallest absolute Gasteiger partial charge is 0.340 e. The molecule has 1 aliphatic rings. The summed E-state index contributed by atoms with van der Waals surface area (Å²) in [5.74, 6) is -1.12. The highest BCUT2D eigenvalue weighted by Crippen LogP contribution is 2.24. The van der Waals surface area contributed by atoms with E-state index in [1.165, 1.54) is 0 Å². The molecule has 6 heteroatoms. The molecule has 2 amide bonds. The molecule has 1 fully saturated rings. The summed E-state index contributed by atoms with van der Waals surface area (Å²) in [5, 5.41) is 2.77. The van der Waals surface area contributed by atoms with Crippen molar-refractivity contribution in [2.45, 2.75) is 39.7 Å². The number of hydrogen-bond acceptors (Lipinski definition) is 4. The molecule has 1 saturated heterocycles. The lowest BCUT2D eigenvalue weighted by molar-refractivity contribution is -0.129. The minimum absolute atomic E-state index is 0.00294. The number of nitrogens with zero attached hydrogens (tertiary/aromatic N) is 1. The summed E-state index contributed by atoms with van der Waals surface area (Å²) in [4.78, 5) is 38.3. The maximum atomic E-state index is 12.5. The van der Waals surface area contributed by atoms with Gasteiger partial charge >= 0.3 is 5.97 Å². The summed E-state index contributed by atoms with van der Waals surface area (Å²) in [6, 6.07) is 6.85. The zero-order valence-corrected chi connectivity index (χ0v) is 14.4. The number of benzene rings is 1. The van der Waals surface area contributed by atoms with E-state index in [0.717, 1.165) is 6.42 Å². The van der Waals surface area contributed by atoms with Gasteiger partial charge in [-0.1, -0.05) is 19.1 Å². The number of rotatable bonds is 6. The van der Waals surface area contributed by atoms with E-state index in [0.29, 0.717) is 17.8 Å². The third kappa shape index (κ3) is 3.93. The van der Waals surface area contributed by atoms with Gasteiger partial charge in [0.25, 0.3) is 0 Å². The van der Waals surface area contributed by atoms with Crippen molar-refractivity contribution in [2.24, 2.45) is 5.92 Å². The number of likely N-dealkylation sites (tertiary alicyclic amines) is 1. The molecule has 1 heterocycles. The summed E-state index contributed by atoms with van der Waals surface area (Å²) >= 11 is 0. The lowest BCUT2D eigenvalue weighted by Gasteiger charge is -2.23. The highest BCUT2D eigenvalue weighted by atomic mass is 16.5. The van der Waals surface area contributed by atoms with Gasteiger partial charge in [-0.25, -0.2) is 4.79 Å². The van der Waals surface area contributed by atoms with Crippen molar-refractivity contribution >= 4 is 23.5 Å². The molecule has 0 bridgehead atoms. The van der Waals surface area contributed by atoms with E-state index < -0.39 is 11.9 Å². The van der Waals surface area contributed by atoms with E-state index in [1.807, 2.05) is 13.8 Å². The number of anilines is 1. The summed E-state index contributed by atoms with van der Waals surface area (Å²) in [5.41, 5.74) is 0.728. The van der Waals surface area contributed by atoms with E-state index in [2.05, 4.69) is 5.32 Å². The van der Waals surface area contributed by atoms with Crippen molar-refractivity contribution in [3.8, 4) is 0 Å². The van der Waals surface area contributed by atoms with Crippen LogP contribution < -0.4 is 5.32 Å². The summed E-state index contributed by atoms with van der Waals surface area (Å²) in [6.07, 6.45) is 1.06. The van der Waals surface area contributed by atoms with Crippen LogP contribution in [-0.2, 0) is 14.3 Å². The molecule has 24 heavy (non-hydrogen) atoms. The molecule has 2 rings (SSSR count). The van der Waals surface area contributed by atoms with E-state index in [9.17, 15) is 14.4 Å².